The van der Waals surface area contributed by atoms with E-state index in [0.717, 1.165) is 116 Å². The molecule has 10 atom stereocenters. The number of hydrogen-bond acceptors (Lipinski definition) is 29. The monoisotopic (exact) mass is 2000 g/mol. The number of carboxylic acids is 3. The molecule has 138 heavy (non-hydrogen) atoms. The van der Waals surface area contributed by atoms with Crippen molar-refractivity contribution in [1.82, 2.24) is 36.2 Å². The van der Waals surface area contributed by atoms with Crippen LogP contribution in [0.2, 0.25) is 0 Å². The Kier molecular flexibility index (Phi) is 38.2. The first-order chi connectivity index (χ1) is 65.5. The third kappa shape index (κ3) is 31.2. The number of anilines is 3. The molecular weight excluding hydrogens is 1880 g/mol. The van der Waals surface area contributed by atoms with Crippen LogP contribution in [0.4, 0.5) is 21.9 Å². The van der Waals surface area contributed by atoms with Gasteiger partial charge in [-0.05, 0) is 162 Å². The minimum absolute atomic E-state index is 0.0716. The Morgan fingerprint density at radius 1 is 0.486 bits per heavy atom. The summed E-state index contributed by atoms with van der Waals surface area (Å²) in [7, 11) is 0. The number of hydrogen-bond donors (Lipinski definition) is 11. The molecule has 12 N–H and O–H groups in total. The van der Waals surface area contributed by atoms with Crippen molar-refractivity contribution < 1.29 is 91.9 Å². The number of alkyl carbamates (subject to hydrolysis) is 1. The third-order valence-corrected chi connectivity index (χ3v) is 29.7. The lowest BCUT2D eigenvalue weighted by Crippen LogP contribution is -2.49. The van der Waals surface area contributed by atoms with Gasteiger partial charge in [-0.25, -0.2) is 19.7 Å². The van der Waals surface area contributed by atoms with Gasteiger partial charge in [0.05, 0.1) is 92.1 Å². The molecule has 7 amide bonds. The van der Waals surface area contributed by atoms with Gasteiger partial charge in [0.2, 0.25) is 35.4 Å². The zero-order valence-electron chi connectivity index (χ0n) is 78.8. The number of ketones is 3. The highest BCUT2D eigenvalue weighted by molar-refractivity contribution is 8.15. The van der Waals surface area contributed by atoms with Gasteiger partial charge in [-0.15, -0.1) is 69.3 Å². The van der Waals surface area contributed by atoms with E-state index in [2.05, 4.69) is 87.0 Å². The molecule has 6 heterocycles. The number of aliphatic carboxylic acids is 3. The molecule has 0 radical (unpaired) electrons. The number of benzene rings is 7. The number of carbonyl (C=O) groups excluding carboxylic acids is 11. The molecule has 732 valence electrons. The number of aromatic nitrogens is 3. The van der Waals surface area contributed by atoms with Crippen LogP contribution in [0.15, 0.2) is 136 Å². The Balaban J connectivity index is 0.000000212. The maximum atomic E-state index is 13.8. The summed E-state index contributed by atoms with van der Waals surface area (Å²) in [5.74, 6) is -9.84. The number of nitrogens with zero attached hydrogens (tertiary/aromatic N) is 6. The number of unbranched alkanes of at least 4 members (excludes halogenated alkanes) is 1. The smallest absolute Gasteiger partial charge is 0.408 e. The van der Waals surface area contributed by atoms with Crippen LogP contribution in [0.5, 0.6) is 0 Å². The molecule has 10 unspecified atom stereocenters. The molecule has 3 aliphatic rings. The van der Waals surface area contributed by atoms with Gasteiger partial charge in [0, 0.05) is 108 Å². The molecule has 0 spiro atoms. The lowest BCUT2D eigenvalue weighted by Gasteiger charge is -2.26. The van der Waals surface area contributed by atoms with E-state index in [1.807, 2.05) is 73.7 Å². The number of amides is 7. The molecule has 7 aromatic carbocycles. The van der Waals surface area contributed by atoms with Crippen LogP contribution >= 0.6 is 69.3 Å². The summed E-state index contributed by atoms with van der Waals surface area (Å²) in [5, 5.41) is 59.0. The minimum Gasteiger partial charge on any atom is -0.481 e. The van der Waals surface area contributed by atoms with Crippen molar-refractivity contribution in [3.63, 3.8) is 0 Å². The Labute approximate surface area is 822 Å². The fourth-order valence-electron chi connectivity index (χ4n) is 15.4. The number of fused-ring (bicyclic) bond motifs is 9. The second-order valence-corrected chi connectivity index (χ2v) is 42.2. The average molecular weight is 2000 g/mol. The molecule has 0 aliphatic carbocycles. The predicted octanol–water partition coefficient (Wildman–Crippen LogP) is 16.1. The van der Waals surface area contributed by atoms with E-state index in [4.69, 9.17) is 35.2 Å². The standard InChI is InChI=1S/C43H47N5O12S2.C35H45N5O6S2.C21H24N4OS2/c1-22(2)37(48-39(57)26(10-14-34(51)52)16-32(49)31(19-36(55)56)47-43(59)60-20-24-7-5-4-6-8-24)33(50)17-27(18-35(53)54)40(58)45-28-11-12-29-25(15-28)9-13-30-38(29)62-42(46-30)41-44-23(3)21-61-41;1-20-19-47-33(37-20)34-40-27-13-10-23-17-25(11-12-26(23)31(27)48-34)39-32(45)24(9-7-8-16-36-22(3)41)18-28(42)21(2)38-29(43)14-15-30(44)46-35(4,5)6;1-11(2)8-16(22)19(26)24-14-5-6-15-13(9-14)4-7-17-18(15)28-21(25-17)20-23-12(3)10-27-20/h4-9,11-13,15,22-23,26-27,31,37H,10,14,16-21H2,1-3H3,(H,45,58)(H,47,59)(H,48,57)(H,51,52)(H,53,54)(H,55,56);10-13,17,20-21,24H,7-9,14-16,18-19H2,1-6H3,(H,36,41)(H,38,43)(H,39,45);4-7,9,11-12,16H,8,10,22H2,1-3H3,(H,24,26). The number of ether oxygens (including phenoxy) is 2. The number of rotatable bonds is 42. The van der Waals surface area contributed by atoms with Crippen molar-refractivity contribution in [2.45, 2.75) is 221 Å². The number of carboxylic acid groups (broad SMARTS) is 3. The van der Waals surface area contributed by atoms with Crippen LogP contribution < -0.4 is 43.0 Å². The van der Waals surface area contributed by atoms with Crippen LogP contribution in [0, 0.1) is 29.6 Å². The number of Topliss-reactive ketones (excluding diaryl/α,β-unsaturated/α-hetero) is 3. The number of carbonyl (C=O) groups is 14. The van der Waals surface area contributed by atoms with E-state index >= 15 is 0 Å². The normalized spacial score (nSPS) is 16.2. The number of aliphatic imine (C=N–C) groups is 3. The first kappa shape index (κ1) is 106. The van der Waals surface area contributed by atoms with Gasteiger partial charge < -0.3 is 67.7 Å². The number of esters is 1. The van der Waals surface area contributed by atoms with Crippen LogP contribution in [0.3, 0.4) is 0 Å². The quantitative estimate of drug-likeness (QED) is 0.0125. The fraction of sp³-hybridized carbons (Fsp3) is 0.434. The molecule has 33 nitrogen and oxygen atoms in total. The maximum Gasteiger partial charge on any atom is 0.408 e. The van der Waals surface area contributed by atoms with Crippen molar-refractivity contribution >= 4 is 247 Å². The minimum atomic E-state index is -1.64. The SMILES string of the molecule is CC(=O)NCCCCC(CC(=O)C(C)NC(=O)CCC(=O)OC(C)(C)C)C(=O)Nc1ccc2c(ccc3nc(C4=NC(C)CS4)sc32)c1.CC(C)CC(N)C(=O)Nc1ccc2c(ccc3nc(C4=NC(C)CS4)sc32)c1.CC1CSC(c2nc3ccc4cc(NC(=O)C(CC(=O)O)CC(=O)C(NC(=O)C(CCC(=O)O)CC(=O)C(CC(=O)O)NC(=O)OCc5ccccc5)C(C)C)ccc4c3s2)=N1. The van der Waals surface area contributed by atoms with Gasteiger partial charge in [0.25, 0.3) is 0 Å². The number of nitrogens with two attached hydrogens (primary N) is 1. The van der Waals surface area contributed by atoms with Gasteiger partial charge >= 0.3 is 30.0 Å². The first-order valence-corrected chi connectivity index (χ1v) is 51.0. The molecule has 0 saturated heterocycles. The van der Waals surface area contributed by atoms with E-state index in [1.165, 1.54) is 18.3 Å². The molecule has 0 fully saturated rings. The molecule has 10 aromatic rings. The van der Waals surface area contributed by atoms with Crippen LogP contribution in [0.25, 0.3) is 63.0 Å². The molecule has 0 saturated carbocycles. The zero-order valence-corrected chi connectivity index (χ0v) is 83.7. The van der Waals surface area contributed by atoms with Crippen molar-refractivity contribution in [1.29, 1.82) is 0 Å². The number of nitrogens with one attached hydrogen (secondary N) is 7. The average Bonchev–Trinajstić information content (AvgIpc) is 1.67. The summed E-state index contributed by atoms with van der Waals surface area (Å²) in [6.45, 7) is 22.2. The Hall–Kier alpha value is -12.0. The van der Waals surface area contributed by atoms with E-state index in [1.54, 1.807) is 142 Å². The van der Waals surface area contributed by atoms with Crippen molar-refractivity contribution in [2.75, 3.05) is 39.8 Å². The lowest BCUT2D eigenvalue weighted by atomic mass is 9.88. The lowest BCUT2D eigenvalue weighted by molar-refractivity contribution is -0.156. The summed E-state index contributed by atoms with van der Waals surface area (Å²) in [4.78, 5) is 205. The Bertz CT molecular complexity index is 6330. The van der Waals surface area contributed by atoms with Crippen molar-refractivity contribution in [3.8, 4) is 0 Å². The second-order valence-electron chi connectivity index (χ2n) is 36.2. The van der Waals surface area contributed by atoms with Crippen molar-refractivity contribution in [3.05, 3.63) is 142 Å². The molecule has 39 heteroatoms. The van der Waals surface area contributed by atoms with Gasteiger partial charge in [-0.3, -0.25) is 77.3 Å². The first-order valence-electron chi connectivity index (χ1n) is 45.6. The third-order valence-electron chi connectivity index (χ3n) is 22.3. The molecular formula is C99H116N14O19S6. The summed E-state index contributed by atoms with van der Waals surface area (Å²) in [5.41, 5.74) is 10.4. The molecule has 0 bridgehead atoms. The summed E-state index contributed by atoms with van der Waals surface area (Å²) >= 11 is 10.00. The van der Waals surface area contributed by atoms with Crippen molar-refractivity contribution in [2.24, 2.45) is 50.3 Å². The maximum absolute atomic E-state index is 13.8. The molecule has 3 aliphatic heterocycles. The van der Waals surface area contributed by atoms with E-state index in [9.17, 15) is 82.4 Å². The van der Waals surface area contributed by atoms with Crippen LogP contribution in [0.1, 0.15) is 187 Å². The van der Waals surface area contributed by atoms with E-state index in [0.29, 0.717) is 61.1 Å². The Morgan fingerprint density at radius 3 is 1.38 bits per heavy atom. The summed E-state index contributed by atoms with van der Waals surface area (Å²) in [6, 6.07) is 33.9. The van der Waals surface area contributed by atoms with Gasteiger partial charge in [-0.1, -0.05) is 101 Å². The fourth-order valence-corrected chi connectivity index (χ4v) is 21.9. The highest BCUT2D eigenvalue weighted by Crippen LogP contribution is 2.40. The number of thiazole rings is 3. The zero-order chi connectivity index (χ0) is 99.9. The van der Waals surface area contributed by atoms with Gasteiger partial charge in [0.15, 0.2) is 17.3 Å². The number of thioether (sulfide) groups is 3. The topological polar surface area (TPSA) is 504 Å². The van der Waals surface area contributed by atoms with Gasteiger partial charge in [0.1, 0.15) is 48.4 Å². The molecule has 3 aromatic heterocycles. The van der Waals surface area contributed by atoms with Crippen LogP contribution in [-0.2, 0) is 78.4 Å². The summed E-state index contributed by atoms with van der Waals surface area (Å²) in [6.07, 6.45) is -2.82. The second kappa shape index (κ2) is 49.5. The predicted molar refractivity (Wildman–Crippen MR) is 546 cm³/mol. The van der Waals surface area contributed by atoms with Crippen LogP contribution in [-0.4, -0.2) is 200 Å². The van der Waals surface area contributed by atoms with Gasteiger partial charge in [-0.2, -0.15) is 0 Å². The van der Waals surface area contributed by atoms with E-state index < -0.39 is 145 Å². The largest absolute Gasteiger partial charge is 0.481 e. The highest BCUT2D eigenvalue weighted by atomic mass is 32.2. The molecule has 13 rings (SSSR count). The highest BCUT2D eigenvalue weighted by Gasteiger charge is 2.37. The summed E-state index contributed by atoms with van der Waals surface area (Å²) < 4.78 is 13.5. The Morgan fingerprint density at radius 2 is 0.942 bits per heavy atom. The van der Waals surface area contributed by atoms with E-state index in [-0.39, 0.29) is 67.9 Å².